The van der Waals surface area contributed by atoms with E-state index >= 15 is 4.39 Å². The molecule has 1 aromatic carbocycles. The van der Waals surface area contributed by atoms with Crippen molar-refractivity contribution in [1.29, 1.82) is 0 Å². The summed E-state index contributed by atoms with van der Waals surface area (Å²) >= 11 is 6.81. The summed E-state index contributed by atoms with van der Waals surface area (Å²) in [5.41, 5.74) is 0.343. The number of anilines is 1. The minimum Gasteiger partial charge on any atom is -0.489 e. The molecule has 4 heterocycles. The van der Waals surface area contributed by atoms with E-state index in [1.807, 2.05) is 11.8 Å². The molecule has 0 bridgehead atoms. The zero-order chi connectivity index (χ0) is 30.3. The first-order chi connectivity index (χ1) is 19.9. The number of aromatic nitrogens is 1. The molecular formula is C29H32ClF4N5O3. The number of pyridine rings is 1. The molecule has 3 aliphatic rings. The van der Waals surface area contributed by atoms with Gasteiger partial charge in [-0.15, -0.1) is 0 Å². The van der Waals surface area contributed by atoms with Crippen molar-refractivity contribution in [2.45, 2.75) is 44.1 Å². The molecule has 0 spiro atoms. The zero-order valence-corrected chi connectivity index (χ0v) is 24.1. The smallest absolute Gasteiger partial charge is 0.390 e. The van der Waals surface area contributed by atoms with E-state index < -0.39 is 24.5 Å². The third-order valence-corrected chi connectivity index (χ3v) is 8.62. The van der Waals surface area contributed by atoms with Crippen LogP contribution in [-0.4, -0.2) is 102 Å². The summed E-state index contributed by atoms with van der Waals surface area (Å²) in [5.74, 6) is -0.890. The molecule has 1 aromatic heterocycles. The lowest BCUT2D eigenvalue weighted by Crippen LogP contribution is -2.57. The normalized spacial score (nSPS) is 22.5. The van der Waals surface area contributed by atoms with Crippen molar-refractivity contribution in [2.75, 3.05) is 51.3 Å². The molecule has 2 saturated heterocycles. The van der Waals surface area contributed by atoms with Crippen molar-refractivity contribution in [2.24, 2.45) is 0 Å². The highest BCUT2D eigenvalue weighted by Crippen LogP contribution is 2.45. The van der Waals surface area contributed by atoms with Crippen LogP contribution in [0.3, 0.4) is 0 Å². The minimum atomic E-state index is -4.28. The van der Waals surface area contributed by atoms with Crippen LogP contribution in [0.2, 0.25) is 5.02 Å². The Hall–Kier alpha value is -3.38. The number of carbonyl (C=O) groups is 2. The quantitative estimate of drug-likeness (QED) is 0.352. The van der Waals surface area contributed by atoms with Crippen LogP contribution in [-0.2, 0) is 4.79 Å². The van der Waals surface area contributed by atoms with Crippen molar-refractivity contribution in [3.05, 3.63) is 53.3 Å². The van der Waals surface area contributed by atoms with Crippen LogP contribution >= 0.6 is 11.6 Å². The van der Waals surface area contributed by atoms with E-state index in [2.05, 4.69) is 6.58 Å². The van der Waals surface area contributed by atoms with E-state index in [0.29, 0.717) is 19.5 Å². The first-order valence-electron chi connectivity index (χ1n) is 13.8. The van der Waals surface area contributed by atoms with Crippen LogP contribution in [0, 0.1) is 5.82 Å². The van der Waals surface area contributed by atoms with Gasteiger partial charge in [0, 0.05) is 50.4 Å². The largest absolute Gasteiger partial charge is 0.489 e. The van der Waals surface area contributed by atoms with Crippen molar-refractivity contribution < 1.29 is 31.9 Å². The molecule has 0 saturated carbocycles. The number of benzene rings is 1. The van der Waals surface area contributed by atoms with Crippen molar-refractivity contribution in [3.63, 3.8) is 0 Å². The number of piperazine rings is 1. The number of likely N-dealkylation sites (N-methyl/N-ethyl adjacent to an activating group) is 1. The fourth-order valence-electron chi connectivity index (χ4n) is 5.92. The maximum Gasteiger partial charge on any atom is 0.390 e. The summed E-state index contributed by atoms with van der Waals surface area (Å²) < 4.78 is 59.9. The lowest BCUT2D eigenvalue weighted by molar-refractivity contribution is -0.138. The van der Waals surface area contributed by atoms with Gasteiger partial charge in [0.05, 0.1) is 18.2 Å². The average Bonchev–Trinajstić information content (AvgIpc) is 3.28. The Bertz CT molecular complexity index is 1390. The molecule has 2 amide bonds. The third kappa shape index (κ3) is 5.78. The van der Waals surface area contributed by atoms with Gasteiger partial charge in [-0.2, -0.15) is 13.2 Å². The molecule has 13 heteroatoms. The number of nitrogens with zero attached hydrogens (tertiary/aromatic N) is 5. The summed E-state index contributed by atoms with van der Waals surface area (Å²) in [5, 5.41) is -0.0169. The molecule has 2 fully saturated rings. The standard InChI is InChI=1S/C29H32ClF4N5O3/c1-4-22(40)37-11-12-38-19(14-37)16-42-26-23(28(38)41)27(35-25(24(26)30)20-7-5-6-8-21(20)31)39-15-18(13-17(39)2)36(3)10-9-29(32,33)34/h4-8,17-19H,1,9-16H2,2-3H3/t17-,18?,19?/m0/s1. The lowest BCUT2D eigenvalue weighted by Gasteiger charge is -2.39. The van der Waals surface area contributed by atoms with Crippen molar-refractivity contribution >= 4 is 29.2 Å². The monoisotopic (exact) mass is 609 g/mol. The van der Waals surface area contributed by atoms with E-state index in [4.69, 9.17) is 21.3 Å². The number of fused-ring (bicyclic) bond motifs is 2. The third-order valence-electron chi connectivity index (χ3n) is 8.26. The number of amides is 2. The summed E-state index contributed by atoms with van der Waals surface area (Å²) in [6.07, 6.45) is -3.46. The number of halogens is 5. The van der Waals surface area contributed by atoms with Crippen LogP contribution in [0.15, 0.2) is 36.9 Å². The molecule has 5 rings (SSSR count). The molecule has 42 heavy (non-hydrogen) atoms. The molecular weight excluding hydrogens is 578 g/mol. The number of hydrogen-bond donors (Lipinski definition) is 0. The molecule has 226 valence electrons. The van der Waals surface area contributed by atoms with E-state index in [1.165, 1.54) is 24.3 Å². The zero-order valence-electron chi connectivity index (χ0n) is 23.3. The van der Waals surface area contributed by atoms with Crippen LogP contribution < -0.4 is 9.64 Å². The second-order valence-corrected chi connectivity index (χ2v) is 11.3. The summed E-state index contributed by atoms with van der Waals surface area (Å²) in [6, 6.07) is 5.07. The highest BCUT2D eigenvalue weighted by Gasteiger charge is 2.43. The van der Waals surface area contributed by atoms with Gasteiger partial charge in [0.15, 0.2) is 5.75 Å². The molecule has 3 atom stereocenters. The van der Waals surface area contributed by atoms with Gasteiger partial charge >= 0.3 is 6.18 Å². The molecule has 8 nitrogen and oxygen atoms in total. The maximum atomic E-state index is 15.0. The van der Waals surface area contributed by atoms with Gasteiger partial charge in [0.2, 0.25) is 5.91 Å². The Morgan fingerprint density at radius 1 is 1.24 bits per heavy atom. The molecule has 0 N–H and O–H groups in total. The Morgan fingerprint density at radius 3 is 2.67 bits per heavy atom. The number of hydrogen-bond acceptors (Lipinski definition) is 6. The Balaban J connectivity index is 1.57. The summed E-state index contributed by atoms with van der Waals surface area (Å²) in [4.78, 5) is 38.0. The SMILES string of the molecule is C=CC(=O)N1CCN2C(=O)c3c(N4CC(N(C)CCC(F)(F)F)C[C@@H]4C)nc(-c4ccccc4F)c(Cl)c3OCC2C1. The van der Waals surface area contributed by atoms with Crippen molar-refractivity contribution in [1.82, 2.24) is 19.7 Å². The maximum absolute atomic E-state index is 15.0. The van der Waals surface area contributed by atoms with Gasteiger partial charge in [0.25, 0.3) is 5.91 Å². The number of alkyl halides is 3. The Morgan fingerprint density at radius 2 is 1.98 bits per heavy atom. The minimum absolute atomic E-state index is 0.0169. The van der Waals surface area contributed by atoms with Crippen LogP contribution in [0.4, 0.5) is 23.4 Å². The molecule has 2 aromatic rings. The van der Waals surface area contributed by atoms with Gasteiger partial charge in [0.1, 0.15) is 28.8 Å². The van der Waals surface area contributed by atoms with Crippen LogP contribution in [0.5, 0.6) is 5.75 Å². The second kappa shape index (κ2) is 11.7. The molecule has 0 radical (unpaired) electrons. The fraction of sp³-hybridized carbons (Fsp3) is 0.483. The number of carbonyl (C=O) groups excluding carboxylic acids is 2. The highest BCUT2D eigenvalue weighted by molar-refractivity contribution is 6.35. The first-order valence-corrected chi connectivity index (χ1v) is 14.1. The second-order valence-electron chi connectivity index (χ2n) is 11.0. The number of rotatable bonds is 6. The van der Waals surface area contributed by atoms with Gasteiger partial charge in [-0.25, -0.2) is 9.37 Å². The number of ether oxygens (including phenoxy) is 1. The first kappa shape index (κ1) is 30.1. The summed E-state index contributed by atoms with van der Waals surface area (Å²) in [7, 11) is 1.65. The van der Waals surface area contributed by atoms with Gasteiger partial charge in [-0.05, 0) is 38.6 Å². The molecule has 2 unspecified atom stereocenters. The van der Waals surface area contributed by atoms with E-state index in [9.17, 15) is 22.8 Å². The van der Waals surface area contributed by atoms with E-state index in [1.54, 1.807) is 27.8 Å². The molecule has 0 aliphatic carbocycles. The van der Waals surface area contributed by atoms with Crippen LogP contribution in [0.1, 0.15) is 30.1 Å². The predicted octanol–water partition coefficient (Wildman–Crippen LogP) is 4.62. The van der Waals surface area contributed by atoms with Crippen molar-refractivity contribution in [3.8, 4) is 17.0 Å². The van der Waals surface area contributed by atoms with Gasteiger partial charge < -0.3 is 24.3 Å². The fourth-order valence-corrected chi connectivity index (χ4v) is 6.21. The Kier molecular flexibility index (Phi) is 8.39. The average molecular weight is 610 g/mol. The predicted molar refractivity (Wildman–Crippen MR) is 150 cm³/mol. The van der Waals surface area contributed by atoms with Gasteiger partial charge in [-0.3, -0.25) is 9.59 Å². The molecule has 3 aliphatic heterocycles. The van der Waals surface area contributed by atoms with E-state index in [0.717, 1.165) is 0 Å². The van der Waals surface area contributed by atoms with Crippen LogP contribution in [0.25, 0.3) is 11.3 Å². The van der Waals surface area contributed by atoms with Gasteiger partial charge in [-0.1, -0.05) is 30.3 Å². The lowest BCUT2D eigenvalue weighted by atomic mass is 10.1. The topological polar surface area (TPSA) is 69.2 Å². The Labute approximate surface area is 246 Å². The van der Waals surface area contributed by atoms with E-state index in [-0.39, 0.29) is 83.6 Å². The highest BCUT2D eigenvalue weighted by atomic mass is 35.5. The summed E-state index contributed by atoms with van der Waals surface area (Å²) in [6.45, 7) is 6.41.